The largest absolute Gasteiger partial charge is 0.332 e. The van der Waals surface area contributed by atoms with E-state index in [-0.39, 0.29) is 0 Å². The lowest BCUT2D eigenvalue weighted by atomic mass is 9.77. The SMILES string of the molecule is Cc1c(-c2nc(C3(N)CCC3)no2)nnn1-c1ccccc1Cl. The van der Waals surface area contributed by atoms with E-state index in [0.29, 0.717) is 22.4 Å². The van der Waals surface area contributed by atoms with Gasteiger partial charge in [0.15, 0.2) is 11.5 Å². The molecule has 0 saturated heterocycles. The quantitative estimate of drug-likeness (QED) is 0.793. The van der Waals surface area contributed by atoms with Gasteiger partial charge in [-0.2, -0.15) is 4.98 Å². The summed E-state index contributed by atoms with van der Waals surface area (Å²) in [5.41, 5.74) is 7.82. The lowest BCUT2D eigenvalue weighted by Crippen LogP contribution is -2.44. The molecule has 118 valence electrons. The third-order valence-electron chi connectivity index (χ3n) is 4.29. The van der Waals surface area contributed by atoms with Crippen LogP contribution < -0.4 is 5.73 Å². The molecule has 0 amide bonds. The molecule has 2 aromatic heterocycles. The van der Waals surface area contributed by atoms with Crippen molar-refractivity contribution in [3.05, 3.63) is 40.8 Å². The summed E-state index contributed by atoms with van der Waals surface area (Å²) in [5.74, 6) is 0.859. The maximum Gasteiger partial charge on any atom is 0.280 e. The van der Waals surface area contributed by atoms with E-state index in [0.717, 1.165) is 30.6 Å². The molecule has 0 bridgehead atoms. The van der Waals surface area contributed by atoms with Gasteiger partial charge < -0.3 is 10.3 Å². The van der Waals surface area contributed by atoms with Crippen molar-refractivity contribution in [2.45, 2.75) is 31.7 Å². The van der Waals surface area contributed by atoms with E-state index in [1.54, 1.807) is 10.7 Å². The number of rotatable bonds is 3. The Labute approximate surface area is 137 Å². The highest BCUT2D eigenvalue weighted by atomic mass is 35.5. The average molecular weight is 331 g/mol. The number of nitrogens with two attached hydrogens (primary N) is 1. The van der Waals surface area contributed by atoms with E-state index in [2.05, 4.69) is 20.5 Å². The second-order valence-electron chi connectivity index (χ2n) is 5.82. The van der Waals surface area contributed by atoms with Crippen LogP contribution in [0.2, 0.25) is 5.02 Å². The minimum Gasteiger partial charge on any atom is -0.332 e. The molecule has 1 saturated carbocycles. The second kappa shape index (κ2) is 5.14. The fraction of sp³-hybridized carbons (Fsp3) is 0.333. The van der Waals surface area contributed by atoms with Crippen LogP contribution in [0.25, 0.3) is 17.3 Å². The maximum atomic E-state index is 6.23. The standard InChI is InChI=1S/C15H15ClN6O/c1-9-12(13-18-14(20-23-13)15(17)7-4-8-15)19-21-22(9)11-6-3-2-5-10(11)16/h2-3,5-6H,4,7-8,17H2,1H3. The van der Waals surface area contributed by atoms with Gasteiger partial charge in [-0.15, -0.1) is 5.10 Å². The fourth-order valence-electron chi connectivity index (χ4n) is 2.68. The Morgan fingerprint density at radius 2 is 2.09 bits per heavy atom. The van der Waals surface area contributed by atoms with Crippen molar-refractivity contribution in [1.29, 1.82) is 0 Å². The molecule has 8 heteroatoms. The van der Waals surface area contributed by atoms with Gasteiger partial charge in [0.1, 0.15) is 0 Å². The van der Waals surface area contributed by atoms with Crippen LogP contribution in [0.4, 0.5) is 0 Å². The first-order chi connectivity index (χ1) is 11.1. The number of benzene rings is 1. The van der Waals surface area contributed by atoms with Crippen LogP contribution in [0.3, 0.4) is 0 Å². The van der Waals surface area contributed by atoms with Gasteiger partial charge in [0.25, 0.3) is 5.89 Å². The molecule has 7 nitrogen and oxygen atoms in total. The third kappa shape index (κ3) is 2.24. The summed E-state index contributed by atoms with van der Waals surface area (Å²) in [5, 5.41) is 12.9. The lowest BCUT2D eigenvalue weighted by molar-refractivity contribution is 0.229. The number of hydrogen-bond donors (Lipinski definition) is 1. The number of aromatic nitrogens is 5. The van der Waals surface area contributed by atoms with Crippen LogP contribution in [0.15, 0.2) is 28.8 Å². The van der Waals surface area contributed by atoms with Gasteiger partial charge in [-0.1, -0.05) is 34.1 Å². The Hall–Kier alpha value is -2.25. The van der Waals surface area contributed by atoms with Crippen LogP contribution in [0.5, 0.6) is 0 Å². The zero-order valence-electron chi connectivity index (χ0n) is 12.5. The first kappa shape index (κ1) is 14.3. The Bertz CT molecular complexity index is 866. The predicted octanol–water partition coefficient (Wildman–Crippen LogP) is 2.62. The molecule has 4 rings (SSSR count). The predicted molar refractivity (Wildman–Crippen MR) is 84.1 cm³/mol. The highest BCUT2D eigenvalue weighted by Gasteiger charge is 2.39. The van der Waals surface area contributed by atoms with Crippen molar-refractivity contribution in [1.82, 2.24) is 25.1 Å². The summed E-state index contributed by atoms with van der Waals surface area (Å²) in [7, 11) is 0. The molecule has 0 atom stereocenters. The first-order valence-corrected chi connectivity index (χ1v) is 7.77. The zero-order valence-corrected chi connectivity index (χ0v) is 13.3. The fourth-order valence-corrected chi connectivity index (χ4v) is 2.90. The van der Waals surface area contributed by atoms with Crippen molar-refractivity contribution >= 4 is 11.6 Å². The minimum absolute atomic E-state index is 0.326. The Kier molecular flexibility index (Phi) is 3.21. The molecule has 3 aromatic rings. The molecule has 1 aromatic carbocycles. The molecular weight excluding hydrogens is 316 g/mol. The summed E-state index contributed by atoms with van der Waals surface area (Å²) in [4.78, 5) is 4.41. The number of para-hydroxylation sites is 1. The van der Waals surface area contributed by atoms with Crippen molar-refractivity contribution in [2.24, 2.45) is 5.73 Å². The molecule has 0 radical (unpaired) electrons. The molecule has 2 N–H and O–H groups in total. The van der Waals surface area contributed by atoms with E-state index in [9.17, 15) is 0 Å². The molecule has 0 unspecified atom stereocenters. The highest BCUT2D eigenvalue weighted by Crippen LogP contribution is 2.37. The molecule has 1 aliphatic carbocycles. The molecule has 2 heterocycles. The van der Waals surface area contributed by atoms with Crippen molar-refractivity contribution < 1.29 is 4.52 Å². The van der Waals surface area contributed by atoms with E-state index in [4.69, 9.17) is 21.9 Å². The van der Waals surface area contributed by atoms with Gasteiger partial charge in [0.2, 0.25) is 0 Å². The van der Waals surface area contributed by atoms with E-state index in [1.807, 2.05) is 25.1 Å². The highest BCUT2D eigenvalue weighted by molar-refractivity contribution is 6.32. The van der Waals surface area contributed by atoms with Crippen LogP contribution in [-0.4, -0.2) is 25.1 Å². The van der Waals surface area contributed by atoms with Gasteiger partial charge in [0.05, 0.1) is 21.9 Å². The zero-order chi connectivity index (χ0) is 16.0. The number of hydrogen-bond acceptors (Lipinski definition) is 6. The minimum atomic E-state index is -0.464. The van der Waals surface area contributed by atoms with Crippen LogP contribution >= 0.6 is 11.6 Å². The van der Waals surface area contributed by atoms with Gasteiger partial charge >= 0.3 is 0 Å². The van der Waals surface area contributed by atoms with Crippen molar-refractivity contribution in [3.8, 4) is 17.3 Å². The maximum absolute atomic E-state index is 6.23. The molecule has 1 aliphatic rings. The average Bonchev–Trinajstić information content (AvgIpc) is 3.12. The Morgan fingerprint density at radius 3 is 2.78 bits per heavy atom. The molecule has 0 aliphatic heterocycles. The summed E-state index contributed by atoms with van der Waals surface area (Å²) < 4.78 is 7.00. The first-order valence-electron chi connectivity index (χ1n) is 7.39. The normalized spacial score (nSPS) is 16.3. The topological polar surface area (TPSA) is 95.7 Å². The summed E-state index contributed by atoms with van der Waals surface area (Å²) in [6.07, 6.45) is 2.83. The van der Waals surface area contributed by atoms with Crippen LogP contribution in [0, 0.1) is 6.92 Å². The second-order valence-corrected chi connectivity index (χ2v) is 6.23. The summed E-state index contributed by atoms with van der Waals surface area (Å²) in [6, 6.07) is 7.43. The van der Waals surface area contributed by atoms with E-state index >= 15 is 0 Å². The number of halogens is 1. The number of nitrogens with zero attached hydrogens (tertiary/aromatic N) is 5. The van der Waals surface area contributed by atoms with Crippen molar-refractivity contribution in [3.63, 3.8) is 0 Å². The third-order valence-corrected chi connectivity index (χ3v) is 4.61. The van der Waals surface area contributed by atoms with Gasteiger partial charge in [0, 0.05) is 0 Å². The Balaban J connectivity index is 1.73. The molecule has 1 fully saturated rings. The summed E-state index contributed by atoms with van der Waals surface area (Å²) >= 11 is 6.22. The van der Waals surface area contributed by atoms with Gasteiger partial charge in [-0.05, 0) is 38.3 Å². The van der Waals surface area contributed by atoms with Gasteiger partial charge in [-0.25, -0.2) is 4.68 Å². The summed E-state index contributed by atoms with van der Waals surface area (Å²) in [6.45, 7) is 1.88. The van der Waals surface area contributed by atoms with E-state index < -0.39 is 5.54 Å². The van der Waals surface area contributed by atoms with E-state index in [1.165, 1.54) is 0 Å². The monoisotopic (exact) mass is 330 g/mol. The van der Waals surface area contributed by atoms with Gasteiger partial charge in [-0.3, -0.25) is 0 Å². The van der Waals surface area contributed by atoms with Crippen LogP contribution in [0.1, 0.15) is 30.8 Å². The molecule has 0 spiro atoms. The Morgan fingerprint density at radius 1 is 1.30 bits per heavy atom. The van der Waals surface area contributed by atoms with Crippen molar-refractivity contribution in [2.75, 3.05) is 0 Å². The van der Waals surface area contributed by atoms with Crippen LogP contribution in [-0.2, 0) is 5.54 Å². The molecule has 23 heavy (non-hydrogen) atoms. The molecular formula is C15H15ClN6O. The lowest BCUT2D eigenvalue weighted by Gasteiger charge is -2.34. The smallest absolute Gasteiger partial charge is 0.280 e.